The number of hydrogen-bond acceptors (Lipinski definition) is 5. The summed E-state index contributed by atoms with van der Waals surface area (Å²) in [7, 11) is 1.62. The van der Waals surface area contributed by atoms with E-state index in [1.807, 2.05) is 4.90 Å². The molecule has 19 heavy (non-hydrogen) atoms. The summed E-state index contributed by atoms with van der Waals surface area (Å²) >= 11 is 0. The predicted octanol–water partition coefficient (Wildman–Crippen LogP) is 0.940. The Hall–Kier alpha value is -1.66. The molecule has 1 fully saturated rings. The van der Waals surface area contributed by atoms with E-state index in [4.69, 9.17) is 9.47 Å². The van der Waals surface area contributed by atoms with Crippen molar-refractivity contribution in [1.82, 2.24) is 4.98 Å². The molecule has 1 N–H and O–H groups in total. The van der Waals surface area contributed by atoms with Gasteiger partial charge in [-0.2, -0.15) is 0 Å². The topological polar surface area (TPSA) is 71.9 Å². The van der Waals surface area contributed by atoms with Crippen molar-refractivity contribution < 1.29 is 19.4 Å². The third-order valence-corrected chi connectivity index (χ3v) is 3.21. The number of aryl methyl sites for hydroxylation is 1. The van der Waals surface area contributed by atoms with Gasteiger partial charge in [-0.05, 0) is 18.6 Å². The Kier molecular flexibility index (Phi) is 4.34. The molecule has 0 aliphatic carbocycles. The number of methoxy groups -OCH3 is 1. The van der Waals surface area contributed by atoms with Crippen LogP contribution in [-0.4, -0.2) is 55.6 Å². The van der Waals surface area contributed by atoms with E-state index in [1.54, 1.807) is 26.3 Å². The van der Waals surface area contributed by atoms with E-state index in [-0.39, 0.29) is 11.6 Å². The summed E-state index contributed by atoms with van der Waals surface area (Å²) in [6.07, 6.45) is 1.64. The van der Waals surface area contributed by atoms with Gasteiger partial charge in [-0.3, -0.25) is 0 Å². The van der Waals surface area contributed by atoms with Crippen molar-refractivity contribution in [1.29, 1.82) is 0 Å². The standard InChI is InChI=1S/C13H18N2O4/c1-9-3-4-14-12(11(9)13(16)17)15-5-6-19-8-10(15)7-18-2/h3-4,10H,5-8H2,1-2H3,(H,16,17)/t10-/m0/s1. The number of anilines is 1. The number of carboxylic acids is 1. The molecule has 1 aliphatic rings. The number of pyridine rings is 1. The first kappa shape index (κ1) is 13.8. The first-order chi connectivity index (χ1) is 9.15. The van der Waals surface area contributed by atoms with Crippen LogP contribution >= 0.6 is 0 Å². The van der Waals surface area contributed by atoms with Gasteiger partial charge in [0.1, 0.15) is 11.4 Å². The summed E-state index contributed by atoms with van der Waals surface area (Å²) in [4.78, 5) is 17.6. The minimum absolute atomic E-state index is 0.00819. The van der Waals surface area contributed by atoms with Crippen LogP contribution in [0.3, 0.4) is 0 Å². The maximum Gasteiger partial charge on any atom is 0.339 e. The monoisotopic (exact) mass is 266 g/mol. The van der Waals surface area contributed by atoms with Crippen molar-refractivity contribution in [2.45, 2.75) is 13.0 Å². The molecule has 6 nitrogen and oxygen atoms in total. The van der Waals surface area contributed by atoms with Gasteiger partial charge in [-0.1, -0.05) is 0 Å². The molecule has 1 saturated heterocycles. The van der Waals surface area contributed by atoms with Crippen LogP contribution in [0.4, 0.5) is 5.82 Å². The van der Waals surface area contributed by atoms with Crippen molar-refractivity contribution >= 4 is 11.8 Å². The van der Waals surface area contributed by atoms with Crippen molar-refractivity contribution in [2.24, 2.45) is 0 Å². The quantitative estimate of drug-likeness (QED) is 0.874. The van der Waals surface area contributed by atoms with Crippen LogP contribution in [0.5, 0.6) is 0 Å². The number of ether oxygens (including phenoxy) is 2. The molecule has 0 radical (unpaired) electrons. The number of morpholine rings is 1. The normalized spacial score (nSPS) is 19.5. The van der Waals surface area contributed by atoms with Crippen LogP contribution in [0.15, 0.2) is 12.3 Å². The highest BCUT2D eigenvalue weighted by atomic mass is 16.5. The summed E-state index contributed by atoms with van der Waals surface area (Å²) in [6, 6.07) is 1.70. The van der Waals surface area contributed by atoms with Gasteiger partial charge in [-0.15, -0.1) is 0 Å². The molecule has 1 aromatic rings. The lowest BCUT2D eigenvalue weighted by Gasteiger charge is -2.36. The Labute approximate surface area is 112 Å². The number of rotatable bonds is 4. The zero-order valence-corrected chi connectivity index (χ0v) is 11.1. The van der Waals surface area contributed by atoms with Gasteiger partial charge >= 0.3 is 5.97 Å². The number of hydrogen-bond donors (Lipinski definition) is 1. The van der Waals surface area contributed by atoms with E-state index in [1.165, 1.54) is 0 Å². The molecule has 1 aliphatic heterocycles. The molecule has 0 aromatic carbocycles. The van der Waals surface area contributed by atoms with Gasteiger partial charge in [0.05, 0.1) is 25.9 Å². The summed E-state index contributed by atoms with van der Waals surface area (Å²) in [5.74, 6) is -0.457. The minimum Gasteiger partial charge on any atom is -0.478 e. The van der Waals surface area contributed by atoms with Gasteiger partial charge in [0, 0.05) is 19.9 Å². The average molecular weight is 266 g/mol. The number of nitrogens with zero attached hydrogens (tertiary/aromatic N) is 2. The number of aromatic carboxylic acids is 1. The third kappa shape index (κ3) is 2.85. The first-order valence-electron chi connectivity index (χ1n) is 6.17. The summed E-state index contributed by atoms with van der Waals surface area (Å²) in [5.41, 5.74) is 0.964. The maximum atomic E-state index is 11.4. The Morgan fingerprint density at radius 3 is 3.16 bits per heavy atom. The zero-order valence-electron chi connectivity index (χ0n) is 11.1. The molecular weight excluding hydrogens is 248 g/mol. The molecule has 0 spiro atoms. The molecule has 0 bridgehead atoms. The highest BCUT2D eigenvalue weighted by Gasteiger charge is 2.28. The molecule has 2 rings (SSSR count). The summed E-state index contributed by atoms with van der Waals surface area (Å²) in [5, 5.41) is 9.36. The van der Waals surface area contributed by atoms with E-state index in [9.17, 15) is 9.90 Å². The first-order valence-corrected chi connectivity index (χ1v) is 6.17. The van der Waals surface area contributed by atoms with Crippen molar-refractivity contribution in [3.05, 3.63) is 23.4 Å². The van der Waals surface area contributed by atoms with Gasteiger partial charge in [0.2, 0.25) is 0 Å². The smallest absolute Gasteiger partial charge is 0.339 e. The van der Waals surface area contributed by atoms with E-state index in [0.717, 1.165) is 0 Å². The fourth-order valence-electron chi connectivity index (χ4n) is 2.29. The Morgan fingerprint density at radius 2 is 2.47 bits per heavy atom. The second kappa shape index (κ2) is 5.99. The lowest BCUT2D eigenvalue weighted by atomic mass is 10.1. The summed E-state index contributed by atoms with van der Waals surface area (Å²) < 4.78 is 10.6. The van der Waals surface area contributed by atoms with E-state index in [2.05, 4.69) is 4.98 Å². The third-order valence-electron chi connectivity index (χ3n) is 3.21. The highest BCUT2D eigenvalue weighted by molar-refractivity contribution is 5.95. The molecule has 0 saturated carbocycles. The summed E-state index contributed by atoms with van der Waals surface area (Å²) in [6.45, 7) is 3.96. The fraction of sp³-hybridized carbons (Fsp3) is 0.538. The maximum absolute atomic E-state index is 11.4. The van der Waals surface area contributed by atoms with Gasteiger partial charge in [0.25, 0.3) is 0 Å². The van der Waals surface area contributed by atoms with E-state index < -0.39 is 5.97 Å². The van der Waals surface area contributed by atoms with E-state index >= 15 is 0 Å². The van der Waals surface area contributed by atoms with Crippen LogP contribution < -0.4 is 4.90 Å². The molecule has 0 amide bonds. The van der Waals surface area contributed by atoms with E-state index in [0.29, 0.717) is 37.7 Å². The molecule has 6 heteroatoms. The second-order valence-electron chi connectivity index (χ2n) is 4.51. The zero-order chi connectivity index (χ0) is 13.8. The molecule has 1 atom stereocenters. The molecule has 2 heterocycles. The Bertz CT molecular complexity index is 462. The lowest BCUT2D eigenvalue weighted by molar-refractivity contribution is 0.0588. The SMILES string of the molecule is COC[C@H]1COCCN1c1nccc(C)c1C(=O)O. The Balaban J connectivity index is 2.38. The van der Waals surface area contributed by atoms with Gasteiger partial charge < -0.3 is 19.5 Å². The van der Waals surface area contributed by atoms with Crippen molar-refractivity contribution in [2.75, 3.05) is 38.4 Å². The van der Waals surface area contributed by atoms with Crippen molar-refractivity contribution in [3.63, 3.8) is 0 Å². The van der Waals surface area contributed by atoms with Crippen LogP contribution in [-0.2, 0) is 9.47 Å². The average Bonchev–Trinajstić information content (AvgIpc) is 2.39. The van der Waals surface area contributed by atoms with Gasteiger partial charge in [0.15, 0.2) is 0 Å². The highest BCUT2D eigenvalue weighted by Crippen LogP contribution is 2.24. The van der Waals surface area contributed by atoms with Gasteiger partial charge in [-0.25, -0.2) is 9.78 Å². The van der Waals surface area contributed by atoms with Crippen LogP contribution in [0.25, 0.3) is 0 Å². The van der Waals surface area contributed by atoms with Crippen LogP contribution in [0.2, 0.25) is 0 Å². The van der Waals surface area contributed by atoms with Crippen LogP contribution in [0, 0.1) is 6.92 Å². The number of carbonyl (C=O) groups is 1. The second-order valence-corrected chi connectivity index (χ2v) is 4.51. The number of aromatic nitrogens is 1. The molecule has 0 unspecified atom stereocenters. The number of carboxylic acid groups (broad SMARTS) is 1. The Morgan fingerprint density at radius 1 is 1.68 bits per heavy atom. The predicted molar refractivity (Wildman–Crippen MR) is 69.8 cm³/mol. The van der Waals surface area contributed by atoms with Crippen molar-refractivity contribution in [3.8, 4) is 0 Å². The molecule has 104 valence electrons. The fourth-order valence-corrected chi connectivity index (χ4v) is 2.29. The lowest BCUT2D eigenvalue weighted by Crippen LogP contribution is -2.49. The van der Waals surface area contributed by atoms with Crippen LogP contribution in [0.1, 0.15) is 15.9 Å². The molecular formula is C13H18N2O4. The largest absolute Gasteiger partial charge is 0.478 e. The minimum atomic E-state index is -0.955. The molecule has 1 aromatic heterocycles.